The van der Waals surface area contributed by atoms with Crippen LogP contribution in [0.25, 0.3) is 6.08 Å². The molecule has 0 aromatic heterocycles. The largest absolute Gasteiger partial charge is 0.312 e. The average Bonchev–Trinajstić information content (AvgIpc) is 2.17. The van der Waals surface area contributed by atoms with E-state index in [0.717, 1.165) is 19.5 Å². The highest BCUT2D eigenvalue weighted by molar-refractivity contribution is 5.50. The molecule has 0 fully saturated rings. The minimum atomic E-state index is 1.01. The van der Waals surface area contributed by atoms with E-state index in [9.17, 15) is 0 Å². The van der Waals surface area contributed by atoms with Crippen LogP contribution < -0.4 is 5.32 Å². The van der Waals surface area contributed by atoms with Crippen molar-refractivity contribution in [1.82, 2.24) is 5.32 Å². The van der Waals surface area contributed by atoms with Crippen molar-refractivity contribution in [3.05, 3.63) is 41.5 Å². The maximum absolute atomic E-state index is 3.76. The quantitative estimate of drug-likeness (QED) is 0.660. The summed E-state index contributed by atoms with van der Waals surface area (Å²) in [6.45, 7) is 5.88. The fourth-order valence-electron chi connectivity index (χ4n) is 1.63. The van der Waals surface area contributed by atoms with Gasteiger partial charge >= 0.3 is 0 Å². The zero-order valence-corrected chi connectivity index (χ0v) is 7.14. The summed E-state index contributed by atoms with van der Waals surface area (Å²) in [5.74, 6) is 0. The van der Waals surface area contributed by atoms with Crippen LogP contribution >= 0.6 is 0 Å². The van der Waals surface area contributed by atoms with Gasteiger partial charge in [0.15, 0.2) is 0 Å². The second-order valence-corrected chi connectivity index (χ2v) is 3.16. The summed E-state index contributed by atoms with van der Waals surface area (Å²) in [5.41, 5.74) is 4.13. The molecule has 1 heterocycles. The Kier molecular flexibility index (Phi) is 1.96. The van der Waals surface area contributed by atoms with Crippen molar-refractivity contribution in [2.45, 2.75) is 13.0 Å². The molecule has 12 heavy (non-hydrogen) atoms. The fourth-order valence-corrected chi connectivity index (χ4v) is 1.63. The third-order valence-electron chi connectivity index (χ3n) is 2.35. The molecule has 1 nitrogen and oxygen atoms in total. The molecule has 0 unspecified atom stereocenters. The van der Waals surface area contributed by atoms with Crippen molar-refractivity contribution in [2.75, 3.05) is 6.54 Å². The van der Waals surface area contributed by atoms with Crippen molar-refractivity contribution in [2.24, 2.45) is 0 Å². The Balaban J connectivity index is 2.42. The molecular weight excluding hydrogens is 146 g/mol. The van der Waals surface area contributed by atoms with Crippen LogP contribution in [0, 0.1) is 0 Å². The highest BCUT2D eigenvalue weighted by atomic mass is 14.9. The average molecular weight is 159 g/mol. The van der Waals surface area contributed by atoms with E-state index in [2.05, 4.69) is 30.1 Å². The maximum atomic E-state index is 3.76. The lowest BCUT2D eigenvalue weighted by Gasteiger charge is -2.16. The van der Waals surface area contributed by atoms with E-state index < -0.39 is 0 Å². The molecule has 1 heteroatoms. The van der Waals surface area contributed by atoms with Gasteiger partial charge in [-0.25, -0.2) is 0 Å². The van der Waals surface area contributed by atoms with Gasteiger partial charge in [0.25, 0.3) is 0 Å². The van der Waals surface area contributed by atoms with Gasteiger partial charge in [-0.3, -0.25) is 0 Å². The van der Waals surface area contributed by atoms with Crippen molar-refractivity contribution in [3.8, 4) is 0 Å². The lowest BCUT2D eigenvalue weighted by Crippen LogP contribution is -2.23. The van der Waals surface area contributed by atoms with E-state index in [1.165, 1.54) is 16.7 Å². The number of rotatable bonds is 1. The first-order valence-electron chi connectivity index (χ1n) is 4.35. The highest BCUT2D eigenvalue weighted by Gasteiger charge is 2.07. The number of nitrogens with one attached hydrogen (secondary N) is 1. The summed E-state index contributed by atoms with van der Waals surface area (Å²) in [6.07, 6.45) is 3.06. The summed E-state index contributed by atoms with van der Waals surface area (Å²) >= 11 is 0. The second-order valence-electron chi connectivity index (χ2n) is 3.16. The maximum Gasteiger partial charge on any atom is 0.0208 e. The van der Waals surface area contributed by atoms with Gasteiger partial charge < -0.3 is 5.32 Å². The normalized spacial score (nSPS) is 15.3. The van der Waals surface area contributed by atoms with E-state index >= 15 is 0 Å². The van der Waals surface area contributed by atoms with Gasteiger partial charge in [-0.15, -0.1) is 0 Å². The summed E-state index contributed by atoms with van der Waals surface area (Å²) < 4.78 is 0. The van der Waals surface area contributed by atoms with Gasteiger partial charge in [-0.1, -0.05) is 30.9 Å². The van der Waals surface area contributed by atoms with Gasteiger partial charge in [0.1, 0.15) is 0 Å². The van der Waals surface area contributed by atoms with Crippen LogP contribution in [0.2, 0.25) is 0 Å². The van der Waals surface area contributed by atoms with Crippen LogP contribution in [0.15, 0.2) is 24.8 Å². The van der Waals surface area contributed by atoms with Crippen LogP contribution in [0.4, 0.5) is 0 Å². The molecule has 62 valence electrons. The number of hydrogen-bond acceptors (Lipinski definition) is 1. The molecule has 0 amide bonds. The molecule has 0 saturated carbocycles. The third-order valence-corrected chi connectivity index (χ3v) is 2.35. The van der Waals surface area contributed by atoms with Crippen LogP contribution in [-0.4, -0.2) is 6.54 Å². The molecule has 1 aromatic carbocycles. The van der Waals surface area contributed by atoms with E-state index in [1.54, 1.807) is 0 Å². The summed E-state index contributed by atoms with van der Waals surface area (Å²) in [4.78, 5) is 0. The second kappa shape index (κ2) is 3.11. The Hall–Kier alpha value is -1.08. The Morgan fingerprint density at radius 2 is 2.25 bits per heavy atom. The molecule has 0 bridgehead atoms. The zero-order valence-electron chi connectivity index (χ0n) is 7.14. The first-order valence-corrected chi connectivity index (χ1v) is 4.35. The van der Waals surface area contributed by atoms with E-state index in [1.807, 2.05) is 6.08 Å². The molecule has 0 saturated heterocycles. The topological polar surface area (TPSA) is 12.0 Å². The fraction of sp³-hybridized carbons (Fsp3) is 0.273. The predicted octanol–water partition coefficient (Wildman–Crippen LogP) is 1.98. The van der Waals surface area contributed by atoms with Crippen LogP contribution in [0.1, 0.15) is 16.7 Å². The first-order chi connectivity index (χ1) is 5.90. The Morgan fingerprint density at radius 1 is 1.33 bits per heavy atom. The first kappa shape index (κ1) is 7.56. The van der Waals surface area contributed by atoms with Gasteiger partial charge in [-0.05, 0) is 29.7 Å². The standard InChI is InChI=1S/C11H13N/c1-2-9-3-4-10-5-6-12-8-11(10)7-9/h2-4,7,12H,1,5-6,8H2. The Bertz CT molecular complexity index is 302. The Morgan fingerprint density at radius 3 is 3.08 bits per heavy atom. The van der Waals surface area contributed by atoms with Gasteiger partial charge in [0, 0.05) is 6.54 Å². The molecule has 1 aliphatic heterocycles. The van der Waals surface area contributed by atoms with E-state index in [4.69, 9.17) is 0 Å². The van der Waals surface area contributed by atoms with Gasteiger partial charge in [0.05, 0.1) is 0 Å². The van der Waals surface area contributed by atoms with E-state index in [-0.39, 0.29) is 0 Å². The number of hydrogen-bond donors (Lipinski definition) is 1. The number of fused-ring (bicyclic) bond motifs is 1. The molecule has 1 aromatic rings. The van der Waals surface area contributed by atoms with Crippen molar-refractivity contribution >= 4 is 6.08 Å². The molecule has 1 N–H and O–H groups in total. The highest BCUT2D eigenvalue weighted by Crippen LogP contribution is 2.16. The molecule has 0 aliphatic carbocycles. The monoisotopic (exact) mass is 159 g/mol. The van der Waals surface area contributed by atoms with Crippen molar-refractivity contribution < 1.29 is 0 Å². The molecule has 0 radical (unpaired) electrons. The minimum absolute atomic E-state index is 1.01. The summed E-state index contributed by atoms with van der Waals surface area (Å²) in [5, 5.41) is 3.36. The van der Waals surface area contributed by atoms with E-state index in [0.29, 0.717) is 0 Å². The van der Waals surface area contributed by atoms with Crippen LogP contribution in [-0.2, 0) is 13.0 Å². The van der Waals surface area contributed by atoms with Crippen molar-refractivity contribution in [1.29, 1.82) is 0 Å². The van der Waals surface area contributed by atoms with Crippen LogP contribution in [0.5, 0.6) is 0 Å². The smallest absolute Gasteiger partial charge is 0.0208 e. The minimum Gasteiger partial charge on any atom is -0.312 e. The lowest BCUT2D eigenvalue weighted by molar-refractivity contribution is 0.643. The Labute approximate surface area is 73.1 Å². The lowest BCUT2D eigenvalue weighted by atomic mass is 9.99. The number of benzene rings is 1. The molecular formula is C11H13N. The molecule has 2 rings (SSSR count). The van der Waals surface area contributed by atoms with Crippen molar-refractivity contribution in [3.63, 3.8) is 0 Å². The summed E-state index contributed by atoms with van der Waals surface area (Å²) in [7, 11) is 0. The predicted molar refractivity (Wildman–Crippen MR) is 51.9 cm³/mol. The third kappa shape index (κ3) is 1.28. The zero-order chi connectivity index (χ0) is 8.39. The SMILES string of the molecule is C=Cc1ccc2c(c1)CNCC2. The summed E-state index contributed by atoms with van der Waals surface area (Å²) in [6, 6.07) is 6.57. The van der Waals surface area contributed by atoms with Gasteiger partial charge in [0.2, 0.25) is 0 Å². The van der Waals surface area contributed by atoms with Gasteiger partial charge in [-0.2, -0.15) is 0 Å². The molecule has 0 spiro atoms. The van der Waals surface area contributed by atoms with Crippen LogP contribution in [0.3, 0.4) is 0 Å². The molecule has 1 aliphatic rings. The molecule has 0 atom stereocenters.